The molecule has 0 aliphatic heterocycles. The molecular weight excluding hydrogens is 271 g/mol. The van der Waals surface area contributed by atoms with Gasteiger partial charge in [-0.3, -0.25) is 0 Å². The molecule has 0 bridgehead atoms. The van der Waals surface area contributed by atoms with Crippen molar-refractivity contribution in [2.75, 3.05) is 5.73 Å². The topological polar surface area (TPSA) is 92.4 Å². The summed E-state index contributed by atoms with van der Waals surface area (Å²) in [5, 5.41) is 9.77. The molecule has 5 nitrogen and oxygen atoms in total. The van der Waals surface area contributed by atoms with Crippen molar-refractivity contribution < 1.29 is 17.9 Å². The summed E-state index contributed by atoms with van der Waals surface area (Å²) in [6, 6.07) is 2.62. The van der Waals surface area contributed by atoms with E-state index >= 15 is 0 Å². The second kappa shape index (κ2) is 5.44. The average molecular weight is 288 g/mol. The largest absolute Gasteiger partial charge is 0.398 e. The third kappa shape index (κ3) is 3.23. The molecule has 4 N–H and O–H groups in total. The quantitative estimate of drug-likeness (QED) is 0.723. The number of rotatable bonds is 3. The second-order valence-corrected chi connectivity index (χ2v) is 6.44. The van der Waals surface area contributed by atoms with E-state index in [1.54, 1.807) is 0 Å². The van der Waals surface area contributed by atoms with Gasteiger partial charge in [-0.15, -0.1) is 0 Å². The average Bonchev–Trinajstić information content (AvgIpc) is 2.31. The third-order valence-electron chi connectivity index (χ3n) is 3.30. The fourth-order valence-corrected chi connectivity index (χ4v) is 3.69. The Morgan fingerprint density at radius 2 is 2.00 bits per heavy atom. The van der Waals surface area contributed by atoms with E-state index in [0.717, 1.165) is 31.0 Å². The van der Waals surface area contributed by atoms with Crippen molar-refractivity contribution >= 4 is 15.7 Å². The van der Waals surface area contributed by atoms with Crippen molar-refractivity contribution in [2.24, 2.45) is 0 Å². The Kier molecular flexibility index (Phi) is 4.07. The zero-order chi connectivity index (χ0) is 14.0. The predicted molar refractivity (Wildman–Crippen MR) is 69.4 cm³/mol. The minimum Gasteiger partial charge on any atom is -0.398 e. The molecule has 1 aliphatic carbocycles. The van der Waals surface area contributed by atoms with Crippen LogP contribution in [-0.4, -0.2) is 25.7 Å². The van der Waals surface area contributed by atoms with Crippen molar-refractivity contribution in [2.45, 2.75) is 42.7 Å². The maximum Gasteiger partial charge on any atom is 0.242 e. The highest BCUT2D eigenvalue weighted by Gasteiger charge is 2.29. The first-order valence-electron chi connectivity index (χ1n) is 6.15. The van der Waals surface area contributed by atoms with Gasteiger partial charge in [0.15, 0.2) is 0 Å². The molecule has 7 heteroatoms. The van der Waals surface area contributed by atoms with Crippen molar-refractivity contribution in [1.29, 1.82) is 0 Å². The molecule has 0 spiro atoms. The molecule has 2 rings (SSSR count). The molecule has 1 fully saturated rings. The Morgan fingerprint density at radius 3 is 2.63 bits per heavy atom. The van der Waals surface area contributed by atoms with E-state index in [-0.39, 0.29) is 10.6 Å². The summed E-state index contributed by atoms with van der Waals surface area (Å²) in [6.45, 7) is 0. The molecular formula is C12H17FN2O3S. The normalized spacial score (nSPS) is 24.3. The maximum absolute atomic E-state index is 12.9. The van der Waals surface area contributed by atoms with Gasteiger partial charge in [0.1, 0.15) is 10.7 Å². The summed E-state index contributed by atoms with van der Waals surface area (Å²) in [5.74, 6) is -0.589. The van der Waals surface area contributed by atoms with Gasteiger partial charge in [-0.1, -0.05) is 12.8 Å². The first-order chi connectivity index (χ1) is 8.90. The lowest BCUT2D eigenvalue weighted by atomic mass is 9.93. The Labute approximate surface area is 111 Å². The van der Waals surface area contributed by atoms with Crippen LogP contribution in [0.2, 0.25) is 0 Å². The molecule has 0 aromatic heterocycles. The first-order valence-corrected chi connectivity index (χ1v) is 7.64. The highest BCUT2D eigenvalue weighted by molar-refractivity contribution is 7.89. The summed E-state index contributed by atoms with van der Waals surface area (Å²) in [7, 11) is -3.84. The van der Waals surface area contributed by atoms with Crippen molar-refractivity contribution in [3.8, 4) is 0 Å². The SMILES string of the molecule is Nc1cc(F)ccc1S(=O)(=O)N[C@H]1CCCC[C@@H]1O. The van der Waals surface area contributed by atoms with Crippen LogP contribution in [0.5, 0.6) is 0 Å². The van der Waals surface area contributed by atoms with Gasteiger partial charge in [-0.2, -0.15) is 0 Å². The summed E-state index contributed by atoms with van der Waals surface area (Å²) in [4.78, 5) is -0.160. The van der Waals surface area contributed by atoms with Crippen LogP contribution in [0.15, 0.2) is 23.1 Å². The van der Waals surface area contributed by atoms with E-state index in [9.17, 15) is 17.9 Å². The number of halogens is 1. The smallest absolute Gasteiger partial charge is 0.242 e. The molecule has 1 aliphatic rings. The van der Waals surface area contributed by atoms with Crippen LogP contribution in [0.3, 0.4) is 0 Å². The zero-order valence-electron chi connectivity index (χ0n) is 10.3. The third-order valence-corrected chi connectivity index (χ3v) is 4.86. The number of anilines is 1. The number of aliphatic hydroxyl groups excluding tert-OH is 1. The molecule has 0 radical (unpaired) electrons. The van der Waals surface area contributed by atoms with Crippen molar-refractivity contribution in [3.63, 3.8) is 0 Å². The van der Waals surface area contributed by atoms with Gasteiger partial charge >= 0.3 is 0 Å². The van der Waals surface area contributed by atoms with E-state index in [1.165, 1.54) is 0 Å². The number of hydrogen-bond donors (Lipinski definition) is 3. The van der Waals surface area contributed by atoms with E-state index in [1.807, 2.05) is 0 Å². The van der Waals surface area contributed by atoms with Gasteiger partial charge in [0.05, 0.1) is 11.8 Å². The van der Waals surface area contributed by atoms with Crippen LogP contribution < -0.4 is 10.5 Å². The predicted octanol–water partition coefficient (Wildman–Crippen LogP) is 0.990. The van der Waals surface area contributed by atoms with Crippen LogP contribution in [0, 0.1) is 5.82 Å². The van der Waals surface area contributed by atoms with E-state index in [4.69, 9.17) is 5.73 Å². The van der Waals surface area contributed by atoms with Gasteiger partial charge in [-0.25, -0.2) is 17.5 Å². The summed E-state index contributed by atoms with van der Waals surface area (Å²) in [5.41, 5.74) is 5.38. The summed E-state index contributed by atoms with van der Waals surface area (Å²) < 4.78 is 39.7. The van der Waals surface area contributed by atoms with Crippen LogP contribution in [0.4, 0.5) is 10.1 Å². The summed E-state index contributed by atoms with van der Waals surface area (Å²) >= 11 is 0. The molecule has 0 heterocycles. The number of sulfonamides is 1. The number of nitrogen functional groups attached to an aromatic ring is 1. The van der Waals surface area contributed by atoms with Gasteiger partial charge in [-0.05, 0) is 31.0 Å². The van der Waals surface area contributed by atoms with Gasteiger partial charge in [0.25, 0.3) is 0 Å². The fourth-order valence-electron chi connectivity index (χ4n) is 2.28. The number of hydrogen-bond acceptors (Lipinski definition) is 4. The standard InChI is InChI=1S/C12H17FN2O3S/c13-8-5-6-12(9(14)7-8)19(17,18)15-10-3-1-2-4-11(10)16/h5-7,10-11,15-16H,1-4,14H2/t10-,11-/m0/s1. The number of aliphatic hydroxyl groups is 1. The van der Waals surface area contributed by atoms with E-state index < -0.39 is 28.0 Å². The monoisotopic (exact) mass is 288 g/mol. The molecule has 19 heavy (non-hydrogen) atoms. The highest BCUT2D eigenvalue weighted by atomic mass is 32.2. The molecule has 1 saturated carbocycles. The number of benzene rings is 1. The molecule has 0 unspecified atom stereocenters. The highest BCUT2D eigenvalue weighted by Crippen LogP contribution is 2.23. The van der Waals surface area contributed by atoms with Crippen LogP contribution >= 0.6 is 0 Å². The minimum atomic E-state index is -3.84. The molecule has 1 aromatic carbocycles. The van der Waals surface area contributed by atoms with Crippen LogP contribution in [0.25, 0.3) is 0 Å². The Bertz CT molecular complexity index is 562. The van der Waals surface area contributed by atoms with Gasteiger partial charge < -0.3 is 10.8 Å². The zero-order valence-corrected chi connectivity index (χ0v) is 11.2. The van der Waals surface area contributed by atoms with Gasteiger partial charge in [0.2, 0.25) is 10.0 Å². The molecule has 0 saturated heterocycles. The van der Waals surface area contributed by atoms with Crippen molar-refractivity contribution in [1.82, 2.24) is 4.72 Å². The lowest BCUT2D eigenvalue weighted by Gasteiger charge is -2.28. The fraction of sp³-hybridized carbons (Fsp3) is 0.500. The van der Waals surface area contributed by atoms with Crippen molar-refractivity contribution in [3.05, 3.63) is 24.0 Å². The van der Waals surface area contributed by atoms with Gasteiger partial charge in [0, 0.05) is 6.04 Å². The number of nitrogens with one attached hydrogen (secondary N) is 1. The molecule has 1 aromatic rings. The Hall–Kier alpha value is -1.18. The molecule has 106 valence electrons. The lowest BCUT2D eigenvalue weighted by Crippen LogP contribution is -2.45. The van der Waals surface area contributed by atoms with Crippen LogP contribution in [0.1, 0.15) is 25.7 Å². The van der Waals surface area contributed by atoms with Crippen LogP contribution in [-0.2, 0) is 10.0 Å². The Balaban J connectivity index is 2.22. The Morgan fingerprint density at radius 1 is 1.32 bits per heavy atom. The molecule has 2 atom stereocenters. The van der Waals surface area contributed by atoms with E-state index in [0.29, 0.717) is 12.8 Å². The number of nitrogens with two attached hydrogens (primary N) is 1. The lowest BCUT2D eigenvalue weighted by molar-refractivity contribution is 0.101. The maximum atomic E-state index is 12.9. The second-order valence-electron chi connectivity index (χ2n) is 4.76. The minimum absolute atomic E-state index is 0.141. The summed E-state index contributed by atoms with van der Waals surface area (Å²) in [6.07, 6.45) is 2.22. The van der Waals surface area contributed by atoms with E-state index in [2.05, 4.69) is 4.72 Å². The first kappa shape index (κ1) is 14.2. The molecule has 0 amide bonds.